The summed E-state index contributed by atoms with van der Waals surface area (Å²) < 4.78 is 0. The highest BCUT2D eigenvalue weighted by Crippen LogP contribution is 2.26. The molecule has 0 aliphatic rings. The zero-order valence-corrected chi connectivity index (χ0v) is 12.4. The second-order valence-corrected chi connectivity index (χ2v) is 5.16. The van der Waals surface area contributed by atoms with Crippen molar-refractivity contribution in [2.24, 2.45) is 11.5 Å². The highest BCUT2D eigenvalue weighted by molar-refractivity contribution is 6.31. The standard InChI is InChI=1S/C16H18ClN3O/c17-13-6-7-14(16(19)21)15(10-13)20(9-8-18)11-12-4-2-1-3-5-12/h1-7,10H,8-9,11,18H2,(H2,19,21). The van der Waals surface area contributed by atoms with Gasteiger partial charge in [0.1, 0.15) is 0 Å². The number of nitrogens with zero attached hydrogens (tertiary/aromatic N) is 1. The van der Waals surface area contributed by atoms with Crippen molar-refractivity contribution in [3.63, 3.8) is 0 Å². The van der Waals surface area contributed by atoms with Crippen molar-refractivity contribution in [1.82, 2.24) is 0 Å². The largest absolute Gasteiger partial charge is 0.366 e. The van der Waals surface area contributed by atoms with Crippen LogP contribution in [0.25, 0.3) is 0 Å². The quantitative estimate of drug-likeness (QED) is 0.860. The number of carbonyl (C=O) groups excluding carboxylic acids is 1. The third-order valence-electron chi connectivity index (χ3n) is 3.18. The Hall–Kier alpha value is -2.04. The van der Waals surface area contributed by atoms with E-state index in [4.69, 9.17) is 23.1 Å². The Balaban J connectivity index is 2.37. The van der Waals surface area contributed by atoms with Crippen LogP contribution >= 0.6 is 11.6 Å². The summed E-state index contributed by atoms with van der Waals surface area (Å²) in [6.45, 7) is 1.71. The van der Waals surface area contributed by atoms with Gasteiger partial charge in [0.05, 0.1) is 11.3 Å². The van der Waals surface area contributed by atoms with Gasteiger partial charge in [-0.2, -0.15) is 0 Å². The zero-order chi connectivity index (χ0) is 15.2. The van der Waals surface area contributed by atoms with E-state index in [0.717, 1.165) is 5.56 Å². The summed E-state index contributed by atoms with van der Waals surface area (Å²) in [6, 6.07) is 15.0. The molecule has 0 radical (unpaired) electrons. The lowest BCUT2D eigenvalue weighted by atomic mass is 10.1. The van der Waals surface area contributed by atoms with Gasteiger partial charge < -0.3 is 16.4 Å². The van der Waals surface area contributed by atoms with Crippen LogP contribution in [0.3, 0.4) is 0 Å². The molecule has 0 aromatic heterocycles. The van der Waals surface area contributed by atoms with E-state index in [9.17, 15) is 4.79 Å². The molecule has 1 amide bonds. The van der Waals surface area contributed by atoms with Crippen LogP contribution in [0.15, 0.2) is 48.5 Å². The van der Waals surface area contributed by atoms with Gasteiger partial charge in [-0.25, -0.2) is 0 Å². The van der Waals surface area contributed by atoms with Gasteiger partial charge in [0.2, 0.25) is 0 Å². The number of primary amides is 1. The molecule has 0 atom stereocenters. The Morgan fingerprint density at radius 1 is 1.14 bits per heavy atom. The SMILES string of the molecule is NCCN(Cc1ccccc1)c1cc(Cl)ccc1C(N)=O. The second-order valence-electron chi connectivity index (χ2n) is 4.72. The zero-order valence-electron chi connectivity index (χ0n) is 11.6. The summed E-state index contributed by atoms with van der Waals surface area (Å²) in [6.07, 6.45) is 0. The van der Waals surface area contributed by atoms with E-state index in [2.05, 4.69) is 0 Å². The summed E-state index contributed by atoms with van der Waals surface area (Å²) in [7, 11) is 0. The monoisotopic (exact) mass is 303 g/mol. The fourth-order valence-corrected chi connectivity index (χ4v) is 2.39. The molecule has 110 valence electrons. The topological polar surface area (TPSA) is 72.3 Å². The van der Waals surface area contributed by atoms with Crippen LogP contribution < -0.4 is 16.4 Å². The van der Waals surface area contributed by atoms with Crippen molar-refractivity contribution in [1.29, 1.82) is 0 Å². The van der Waals surface area contributed by atoms with Gasteiger partial charge in [0.15, 0.2) is 0 Å². The first-order valence-electron chi connectivity index (χ1n) is 6.70. The number of hydrogen-bond acceptors (Lipinski definition) is 3. The Morgan fingerprint density at radius 2 is 1.86 bits per heavy atom. The Bertz CT molecular complexity index is 616. The van der Waals surface area contributed by atoms with Gasteiger partial charge in [0, 0.05) is 24.7 Å². The number of hydrogen-bond donors (Lipinski definition) is 2. The predicted molar refractivity (Wildman–Crippen MR) is 86.5 cm³/mol. The predicted octanol–water partition coefficient (Wildman–Crippen LogP) is 2.40. The molecule has 21 heavy (non-hydrogen) atoms. The van der Waals surface area contributed by atoms with Crippen LogP contribution in [0.4, 0.5) is 5.69 Å². The van der Waals surface area contributed by atoms with Crippen molar-refractivity contribution in [2.45, 2.75) is 6.54 Å². The molecule has 2 aromatic rings. The maximum absolute atomic E-state index is 11.6. The smallest absolute Gasteiger partial charge is 0.250 e. The molecule has 5 heteroatoms. The van der Waals surface area contributed by atoms with Crippen LogP contribution in [0, 0.1) is 0 Å². The van der Waals surface area contributed by atoms with Gasteiger partial charge >= 0.3 is 0 Å². The Kier molecular flexibility index (Phi) is 5.20. The van der Waals surface area contributed by atoms with Crippen LogP contribution in [0.5, 0.6) is 0 Å². The van der Waals surface area contributed by atoms with E-state index >= 15 is 0 Å². The van der Waals surface area contributed by atoms with Crippen LogP contribution in [0.1, 0.15) is 15.9 Å². The molecule has 0 saturated carbocycles. The molecular weight excluding hydrogens is 286 g/mol. The fraction of sp³-hybridized carbons (Fsp3) is 0.188. The normalized spacial score (nSPS) is 10.4. The molecule has 0 unspecified atom stereocenters. The first-order valence-corrected chi connectivity index (χ1v) is 7.08. The van der Waals surface area contributed by atoms with E-state index in [1.807, 2.05) is 35.2 Å². The van der Waals surface area contributed by atoms with Crippen LogP contribution in [-0.4, -0.2) is 19.0 Å². The summed E-state index contributed by atoms with van der Waals surface area (Å²) in [5.41, 5.74) is 13.4. The summed E-state index contributed by atoms with van der Waals surface area (Å²) in [4.78, 5) is 13.6. The highest BCUT2D eigenvalue weighted by atomic mass is 35.5. The van der Waals surface area contributed by atoms with Crippen molar-refractivity contribution < 1.29 is 4.79 Å². The first kappa shape index (κ1) is 15.4. The van der Waals surface area contributed by atoms with Crippen molar-refractivity contribution in [3.05, 3.63) is 64.7 Å². The fourth-order valence-electron chi connectivity index (χ4n) is 2.22. The van der Waals surface area contributed by atoms with Crippen molar-refractivity contribution >= 4 is 23.2 Å². The van der Waals surface area contributed by atoms with Crippen molar-refractivity contribution in [2.75, 3.05) is 18.0 Å². The number of benzene rings is 2. The van der Waals surface area contributed by atoms with E-state index in [1.54, 1.807) is 18.2 Å². The van der Waals surface area contributed by atoms with Crippen LogP contribution in [-0.2, 0) is 6.54 Å². The Morgan fingerprint density at radius 3 is 2.48 bits per heavy atom. The Labute approximate surface area is 129 Å². The lowest BCUT2D eigenvalue weighted by Gasteiger charge is -2.26. The molecule has 0 fully saturated rings. The molecule has 4 N–H and O–H groups in total. The minimum absolute atomic E-state index is 0.448. The minimum atomic E-state index is -0.475. The van der Waals surface area contributed by atoms with E-state index < -0.39 is 5.91 Å². The van der Waals surface area contributed by atoms with Gasteiger partial charge in [0.25, 0.3) is 5.91 Å². The molecule has 0 heterocycles. The van der Waals surface area contributed by atoms with E-state index in [-0.39, 0.29) is 0 Å². The molecule has 0 saturated heterocycles. The first-order chi connectivity index (χ1) is 10.1. The molecular formula is C16H18ClN3O. The number of nitrogens with two attached hydrogens (primary N) is 2. The molecule has 2 rings (SSSR count). The number of carbonyl (C=O) groups is 1. The van der Waals surface area contributed by atoms with Gasteiger partial charge in [-0.15, -0.1) is 0 Å². The van der Waals surface area contributed by atoms with E-state index in [1.165, 1.54) is 0 Å². The third-order valence-corrected chi connectivity index (χ3v) is 3.42. The maximum atomic E-state index is 11.6. The van der Waals surface area contributed by atoms with Crippen molar-refractivity contribution in [3.8, 4) is 0 Å². The number of anilines is 1. The molecule has 2 aromatic carbocycles. The molecule has 0 bridgehead atoms. The summed E-state index contributed by atoms with van der Waals surface area (Å²) in [5, 5.41) is 0.560. The highest BCUT2D eigenvalue weighted by Gasteiger charge is 2.15. The number of rotatable bonds is 6. The van der Waals surface area contributed by atoms with Gasteiger partial charge in [-0.05, 0) is 23.8 Å². The average Bonchev–Trinajstić information content (AvgIpc) is 2.47. The minimum Gasteiger partial charge on any atom is -0.366 e. The third kappa shape index (κ3) is 3.97. The van der Waals surface area contributed by atoms with E-state index in [0.29, 0.717) is 35.9 Å². The van der Waals surface area contributed by atoms with Gasteiger partial charge in [-0.3, -0.25) is 4.79 Å². The number of amides is 1. The molecule has 0 aliphatic heterocycles. The summed E-state index contributed by atoms with van der Waals surface area (Å²) >= 11 is 6.06. The molecule has 0 spiro atoms. The molecule has 4 nitrogen and oxygen atoms in total. The molecule has 0 aliphatic carbocycles. The van der Waals surface area contributed by atoms with Crippen LogP contribution in [0.2, 0.25) is 5.02 Å². The number of halogens is 1. The lowest BCUT2D eigenvalue weighted by molar-refractivity contribution is 0.100. The van der Waals surface area contributed by atoms with Gasteiger partial charge in [-0.1, -0.05) is 41.9 Å². The maximum Gasteiger partial charge on any atom is 0.250 e. The average molecular weight is 304 g/mol. The second kappa shape index (κ2) is 7.11. The lowest BCUT2D eigenvalue weighted by Crippen LogP contribution is -2.31. The summed E-state index contributed by atoms with van der Waals surface area (Å²) in [5.74, 6) is -0.475.